The van der Waals surface area contributed by atoms with Crippen LogP contribution in [0, 0.1) is 11.6 Å². The largest absolute Gasteiger partial charge is 0.323 e. The number of hydrogen-bond acceptors (Lipinski definition) is 5. The first kappa shape index (κ1) is 20.9. The van der Waals surface area contributed by atoms with Crippen LogP contribution in [0.3, 0.4) is 0 Å². The molecular formula is C20H21F2N5OS. The van der Waals surface area contributed by atoms with Crippen LogP contribution in [-0.2, 0) is 4.79 Å². The fourth-order valence-corrected chi connectivity index (χ4v) is 3.35. The molecule has 6 nitrogen and oxygen atoms in total. The normalized spacial score (nSPS) is 12.2. The number of anilines is 1. The Kier molecular flexibility index (Phi) is 6.60. The van der Waals surface area contributed by atoms with E-state index in [-0.39, 0.29) is 29.2 Å². The van der Waals surface area contributed by atoms with Crippen molar-refractivity contribution in [1.29, 1.82) is 0 Å². The standard InChI is InChI=1S/C20H21F2N5OS/c1-13(26(2)3)19-24-25-20(27(19)15-10-8-14(21)9-11-15)29-12-18(28)23-17-7-5-4-6-16(17)22/h4-11,13H,12H2,1-3H3,(H,23,28)/t13-/m0/s1. The monoisotopic (exact) mass is 417 g/mol. The lowest BCUT2D eigenvalue weighted by molar-refractivity contribution is -0.113. The van der Waals surface area contributed by atoms with Crippen LogP contribution in [0.4, 0.5) is 14.5 Å². The number of carbonyl (C=O) groups excluding carboxylic acids is 1. The molecule has 1 heterocycles. The minimum absolute atomic E-state index is 0.0179. The zero-order valence-corrected chi connectivity index (χ0v) is 17.1. The van der Waals surface area contributed by atoms with Crippen molar-refractivity contribution in [3.8, 4) is 5.69 Å². The minimum atomic E-state index is -0.498. The van der Waals surface area contributed by atoms with Gasteiger partial charge in [-0.1, -0.05) is 23.9 Å². The molecule has 0 saturated heterocycles. The van der Waals surface area contributed by atoms with Crippen molar-refractivity contribution in [1.82, 2.24) is 19.7 Å². The molecule has 1 aromatic heterocycles. The van der Waals surface area contributed by atoms with Gasteiger partial charge in [0.05, 0.1) is 17.5 Å². The molecule has 29 heavy (non-hydrogen) atoms. The Morgan fingerprint density at radius 3 is 2.48 bits per heavy atom. The number of nitrogens with zero attached hydrogens (tertiary/aromatic N) is 4. The SMILES string of the molecule is C[C@@H](c1nnc(SCC(=O)Nc2ccccc2F)n1-c1ccc(F)cc1)N(C)C. The number of halogens is 2. The maximum Gasteiger partial charge on any atom is 0.234 e. The van der Waals surface area contributed by atoms with E-state index in [0.29, 0.717) is 16.7 Å². The van der Waals surface area contributed by atoms with Crippen LogP contribution in [0.2, 0.25) is 0 Å². The molecule has 0 aliphatic rings. The highest BCUT2D eigenvalue weighted by molar-refractivity contribution is 7.99. The van der Waals surface area contributed by atoms with Gasteiger partial charge in [0, 0.05) is 5.69 Å². The van der Waals surface area contributed by atoms with Crippen LogP contribution in [0.5, 0.6) is 0 Å². The van der Waals surface area contributed by atoms with E-state index < -0.39 is 5.82 Å². The van der Waals surface area contributed by atoms with E-state index in [1.807, 2.05) is 25.9 Å². The van der Waals surface area contributed by atoms with Crippen LogP contribution in [0.1, 0.15) is 18.8 Å². The van der Waals surface area contributed by atoms with Gasteiger partial charge < -0.3 is 5.32 Å². The molecule has 2 aromatic carbocycles. The Balaban J connectivity index is 1.82. The van der Waals surface area contributed by atoms with Crippen LogP contribution >= 0.6 is 11.8 Å². The lowest BCUT2D eigenvalue weighted by Crippen LogP contribution is -2.21. The lowest BCUT2D eigenvalue weighted by atomic mass is 10.2. The number of thioether (sulfide) groups is 1. The highest BCUT2D eigenvalue weighted by atomic mass is 32.2. The van der Waals surface area contributed by atoms with Crippen molar-refractivity contribution in [2.24, 2.45) is 0 Å². The van der Waals surface area contributed by atoms with Crippen molar-refractivity contribution >= 4 is 23.4 Å². The zero-order valence-electron chi connectivity index (χ0n) is 16.3. The summed E-state index contributed by atoms with van der Waals surface area (Å²) in [5.74, 6) is -0.524. The second-order valence-electron chi connectivity index (χ2n) is 6.61. The van der Waals surface area contributed by atoms with E-state index in [4.69, 9.17) is 0 Å². The van der Waals surface area contributed by atoms with Gasteiger partial charge in [-0.25, -0.2) is 8.78 Å². The Bertz CT molecular complexity index is 991. The third kappa shape index (κ3) is 4.99. The van der Waals surface area contributed by atoms with Crippen molar-refractivity contribution in [3.63, 3.8) is 0 Å². The number of hydrogen-bond donors (Lipinski definition) is 1. The molecule has 0 fully saturated rings. The van der Waals surface area contributed by atoms with Gasteiger partial charge in [0.25, 0.3) is 0 Å². The van der Waals surface area contributed by atoms with Gasteiger partial charge in [-0.3, -0.25) is 14.3 Å². The van der Waals surface area contributed by atoms with Gasteiger partial charge in [0.15, 0.2) is 11.0 Å². The quantitative estimate of drug-likeness (QED) is 0.591. The molecule has 0 bridgehead atoms. The van der Waals surface area contributed by atoms with Gasteiger partial charge in [-0.05, 0) is 57.4 Å². The molecule has 152 valence electrons. The summed E-state index contributed by atoms with van der Waals surface area (Å²) in [6.07, 6.45) is 0. The number of amides is 1. The first-order valence-corrected chi connectivity index (χ1v) is 9.90. The van der Waals surface area contributed by atoms with Gasteiger partial charge in [0.2, 0.25) is 5.91 Å². The number of benzene rings is 2. The van der Waals surface area contributed by atoms with E-state index >= 15 is 0 Å². The van der Waals surface area contributed by atoms with Crippen LogP contribution in [0.25, 0.3) is 5.69 Å². The average molecular weight is 417 g/mol. The molecule has 9 heteroatoms. The fourth-order valence-electron chi connectivity index (χ4n) is 2.59. The third-order valence-corrected chi connectivity index (χ3v) is 5.30. The molecular weight excluding hydrogens is 396 g/mol. The van der Waals surface area contributed by atoms with E-state index in [1.54, 1.807) is 28.8 Å². The predicted molar refractivity (Wildman–Crippen MR) is 109 cm³/mol. The molecule has 0 saturated carbocycles. The Morgan fingerprint density at radius 1 is 1.14 bits per heavy atom. The molecule has 0 radical (unpaired) electrons. The molecule has 3 rings (SSSR count). The van der Waals surface area contributed by atoms with Crippen molar-refractivity contribution < 1.29 is 13.6 Å². The first-order valence-electron chi connectivity index (χ1n) is 8.91. The van der Waals surface area contributed by atoms with Crippen LogP contribution in [0.15, 0.2) is 53.7 Å². The maximum atomic E-state index is 13.7. The first-order chi connectivity index (χ1) is 13.9. The lowest BCUT2D eigenvalue weighted by Gasteiger charge is -2.20. The molecule has 0 aliphatic carbocycles. The maximum absolute atomic E-state index is 13.7. The van der Waals surface area contributed by atoms with E-state index in [9.17, 15) is 13.6 Å². The zero-order chi connectivity index (χ0) is 21.0. The molecule has 1 amide bonds. The number of nitrogens with one attached hydrogen (secondary N) is 1. The summed E-state index contributed by atoms with van der Waals surface area (Å²) in [7, 11) is 3.84. The van der Waals surface area contributed by atoms with E-state index in [2.05, 4.69) is 15.5 Å². The molecule has 1 N–H and O–H groups in total. The molecule has 0 spiro atoms. The van der Waals surface area contributed by atoms with E-state index in [0.717, 1.165) is 0 Å². The average Bonchev–Trinajstić information content (AvgIpc) is 3.12. The predicted octanol–water partition coefficient (Wildman–Crippen LogP) is 3.90. The van der Waals surface area contributed by atoms with Gasteiger partial charge in [-0.2, -0.15) is 0 Å². The molecule has 3 aromatic rings. The topological polar surface area (TPSA) is 63.1 Å². The van der Waals surface area contributed by atoms with E-state index in [1.165, 1.54) is 36.0 Å². The summed E-state index contributed by atoms with van der Waals surface area (Å²) < 4.78 is 28.9. The smallest absolute Gasteiger partial charge is 0.234 e. The summed E-state index contributed by atoms with van der Waals surface area (Å²) >= 11 is 1.17. The van der Waals surface area contributed by atoms with Gasteiger partial charge in [0.1, 0.15) is 11.6 Å². The fraction of sp³-hybridized carbons (Fsp3) is 0.250. The molecule has 0 unspecified atom stereocenters. The highest BCUT2D eigenvalue weighted by Gasteiger charge is 2.21. The van der Waals surface area contributed by atoms with Crippen LogP contribution < -0.4 is 5.32 Å². The second kappa shape index (κ2) is 9.15. The second-order valence-corrected chi connectivity index (χ2v) is 7.55. The minimum Gasteiger partial charge on any atom is -0.323 e. The summed E-state index contributed by atoms with van der Waals surface area (Å²) in [4.78, 5) is 14.2. The Labute approximate surface area is 171 Å². The Morgan fingerprint density at radius 2 is 1.83 bits per heavy atom. The summed E-state index contributed by atoms with van der Waals surface area (Å²) in [6.45, 7) is 1.98. The number of rotatable bonds is 7. The van der Waals surface area contributed by atoms with Crippen molar-refractivity contribution in [2.75, 3.05) is 25.2 Å². The highest BCUT2D eigenvalue weighted by Crippen LogP contribution is 2.27. The summed E-state index contributed by atoms with van der Waals surface area (Å²) in [5.41, 5.74) is 0.817. The number of carbonyl (C=O) groups is 1. The number of para-hydroxylation sites is 1. The van der Waals surface area contributed by atoms with Gasteiger partial charge >= 0.3 is 0 Å². The van der Waals surface area contributed by atoms with Gasteiger partial charge in [-0.15, -0.1) is 10.2 Å². The number of aromatic nitrogens is 3. The van der Waals surface area contributed by atoms with Crippen molar-refractivity contribution in [3.05, 3.63) is 66.0 Å². The molecule has 0 aliphatic heterocycles. The van der Waals surface area contributed by atoms with Crippen molar-refractivity contribution in [2.45, 2.75) is 18.1 Å². The summed E-state index contributed by atoms with van der Waals surface area (Å²) in [5, 5.41) is 11.5. The Hall–Kier alpha value is -2.78. The van der Waals surface area contributed by atoms with Crippen LogP contribution in [-0.4, -0.2) is 45.4 Å². The third-order valence-electron chi connectivity index (χ3n) is 4.37. The molecule has 1 atom stereocenters. The summed E-state index contributed by atoms with van der Waals surface area (Å²) in [6, 6.07) is 11.9.